The Morgan fingerprint density at radius 1 is 1.29 bits per heavy atom. The van der Waals surface area contributed by atoms with Gasteiger partial charge in [-0.25, -0.2) is 0 Å². The quantitative estimate of drug-likeness (QED) is 0.665. The number of hydrogen-bond acceptors (Lipinski definition) is 5. The molecule has 0 saturated carbocycles. The van der Waals surface area contributed by atoms with Crippen molar-refractivity contribution in [1.82, 2.24) is 4.98 Å². The fraction of sp³-hybridized carbons (Fsp3) is 0.143. The van der Waals surface area contributed by atoms with Crippen LogP contribution < -0.4 is 10.6 Å². The lowest BCUT2D eigenvalue weighted by Gasteiger charge is -2.11. The molecule has 0 bridgehead atoms. The zero-order valence-corrected chi connectivity index (χ0v) is 11.6. The van der Waals surface area contributed by atoms with E-state index >= 15 is 0 Å². The van der Waals surface area contributed by atoms with E-state index in [1.54, 1.807) is 26.2 Å². The third kappa shape index (κ3) is 3.14. The average molecular weight is 286 g/mol. The van der Waals surface area contributed by atoms with Crippen LogP contribution in [0.1, 0.15) is 15.9 Å². The van der Waals surface area contributed by atoms with Crippen LogP contribution in [-0.4, -0.2) is 22.9 Å². The molecule has 0 unspecified atom stereocenters. The Bertz CT molecular complexity index is 700. The van der Waals surface area contributed by atoms with E-state index in [-0.39, 0.29) is 11.6 Å². The first-order chi connectivity index (χ1) is 10.0. The van der Waals surface area contributed by atoms with Crippen LogP contribution in [0.25, 0.3) is 0 Å². The van der Waals surface area contributed by atoms with Crippen LogP contribution in [0, 0.1) is 17.0 Å². The van der Waals surface area contributed by atoms with Gasteiger partial charge >= 0.3 is 0 Å². The number of carbonyl (C=O) groups excluding carboxylic acids is 1. The summed E-state index contributed by atoms with van der Waals surface area (Å²) in [6.45, 7) is 1.70. The molecule has 1 aromatic heterocycles. The Morgan fingerprint density at radius 3 is 2.67 bits per heavy atom. The number of nitro groups is 1. The second-order valence-electron chi connectivity index (χ2n) is 4.38. The third-order valence-corrected chi connectivity index (χ3v) is 3.00. The van der Waals surface area contributed by atoms with Gasteiger partial charge in [0, 0.05) is 31.1 Å². The van der Waals surface area contributed by atoms with E-state index in [4.69, 9.17) is 0 Å². The summed E-state index contributed by atoms with van der Waals surface area (Å²) in [4.78, 5) is 26.4. The van der Waals surface area contributed by atoms with Crippen LogP contribution in [-0.2, 0) is 0 Å². The van der Waals surface area contributed by atoms with Crippen molar-refractivity contribution in [3.8, 4) is 0 Å². The number of aromatic nitrogens is 1. The number of pyridine rings is 1. The highest BCUT2D eigenvalue weighted by molar-refractivity contribution is 6.08. The lowest BCUT2D eigenvalue weighted by Crippen LogP contribution is -2.15. The van der Waals surface area contributed by atoms with Crippen molar-refractivity contribution in [3.05, 3.63) is 57.9 Å². The van der Waals surface area contributed by atoms with Crippen molar-refractivity contribution in [1.29, 1.82) is 0 Å². The lowest BCUT2D eigenvalue weighted by atomic mass is 10.1. The van der Waals surface area contributed by atoms with E-state index in [1.807, 2.05) is 0 Å². The second-order valence-corrected chi connectivity index (χ2v) is 4.38. The van der Waals surface area contributed by atoms with Gasteiger partial charge in [0.15, 0.2) is 0 Å². The normalized spacial score (nSPS) is 10.0. The summed E-state index contributed by atoms with van der Waals surface area (Å²) >= 11 is 0. The molecule has 0 fully saturated rings. The molecule has 2 aromatic rings. The lowest BCUT2D eigenvalue weighted by molar-refractivity contribution is -0.384. The Morgan fingerprint density at radius 2 is 2.05 bits per heavy atom. The maximum atomic E-state index is 12.3. The molecule has 7 nitrogen and oxygen atoms in total. The first-order valence-corrected chi connectivity index (χ1v) is 6.21. The fourth-order valence-electron chi connectivity index (χ4n) is 1.88. The number of benzene rings is 1. The topological polar surface area (TPSA) is 97.2 Å². The standard InChI is InChI=1S/C14H14N4O3/c1-9-7-10(18(20)21)3-4-12(9)17-14(19)11-5-6-16-8-13(11)15-2/h3-8,15H,1-2H3,(H,17,19). The summed E-state index contributed by atoms with van der Waals surface area (Å²) in [5, 5.41) is 16.3. The number of nitrogens with zero attached hydrogens (tertiary/aromatic N) is 2. The number of non-ortho nitro benzene ring substituents is 1. The number of aryl methyl sites for hydroxylation is 1. The third-order valence-electron chi connectivity index (χ3n) is 3.00. The number of anilines is 2. The maximum absolute atomic E-state index is 12.3. The number of rotatable bonds is 4. The summed E-state index contributed by atoms with van der Waals surface area (Å²) in [7, 11) is 1.70. The molecule has 2 N–H and O–H groups in total. The van der Waals surface area contributed by atoms with Gasteiger partial charge in [-0.05, 0) is 24.6 Å². The highest BCUT2D eigenvalue weighted by Gasteiger charge is 2.13. The fourth-order valence-corrected chi connectivity index (χ4v) is 1.88. The van der Waals surface area contributed by atoms with Crippen molar-refractivity contribution in [3.63, 3.8) is 0 Å². The van der Waals surface area contributed by atoms with Crippen molar-refractivity contribution >= 4 is 23.0 Å². The van der Waals surface area contributed by atoms with E-state index in [1.165, 1.54) is 24.4 Å². The maximum Gasteiger partial charge on any atom is 0.269 e. The van der Waals surface area contributed by atoms with Gasteiger partial charge < -0.3 is 10.6 Å². The average Bonchev–Trinajstić information content (AvgIpc) is 2.48. The Kier molecular flexibility index (Phi) is 4.13. The molecular formula is C14H14N4O3. The minimum absolute atomic E-state index is 0.00896. The highest BCUT2D eigenvalue weighted by Crippen LogP contribution is 2.22. The minimum Gasteiger partial charge on any atom is -0.386 e. The van der Waals surface area contributed by atoms with Crippen molar-refractivity contribution < 1.29 is 9.72 Å². The summed E-state index contributed by atoms with van der Waals surface area (Å²) in [6.07, 6.45) is 3.08. The Balaban J connectivity index is 2.26. The van der Waals surface area contributed by atoms with Crippen molar-refractivity contribution in [2.75, 3.05) is 17.7 Å². The van der Waals surface area contributed by atoms with Gasteiger partial charge in [-0.3, -0.25) is 19.9 Å². The number of hydrogen-bond donors (Lipinski definition) is 2. The molecule has 0 spiro atoms. The smallest absolute Gasteiger partial charge is 0.269 e. The highest BCUT2D eigenvalue weighted by atomic mass is 16.6. The van der Waals surface area contributed by atoms with E-state index in [9.17, 15) is 14.9 Å². The molecule has 21 heavy (non-hydrogen) atoms. The largest absolute Gasteiger partial charge is 0.386 e. The number of nitro benzene ring substituents is 1. The number of nitrogens with one attached hydrogen (secondary N) is 2. The van der Waals surface area contributed by atoms with E-state index in [0.717, 1.165) is 0 Å². The molecule has 0 saturated heterocycles. The predicted molar refractivity (Wildman–Crippen MR) is 79.6 cm³/mol. The molecule has 7 heteroatoms. The summed E-state index contributed by atoms with van der Waals surface area (Å²) in [6, 6.07) is 5.89. The molecule has 0 aliphatic rings. The molecule has 0 radical (unpaired) electrons. The van der Waals surface area contributed by atoms with Crippen molar-refractivity contribution in [2.45, 2.75) is 6.92 Å². The first kappa shape index (κ1) is 14.4. The summed E-state index contributed by atoms with van der Waals surface area (Å²) in [5.74, 6) is -0.307. The molecule has 1 amide bonds. The molecule has 1 aromatic carbocycles. The minimum atomic E-state index is -0.472. The molecule has 108 valence electrons. The molecule has 0 aliphatic carbocycles. The van der Waals surface area contributed by atoms with Crippen LogP contribution in [0.4, 0.5) is 17.1 Å². The van der Waals surface area contributed by atoms with Gasteiger partial charge in [0.25, 0.3) is 11.6 Å². The zero-order chi connectivity index (χ0) is 15.4. The van der Waals surface area contributed by atoms with Crippen LogP contribution >= 0.6 is 0 Å². The summed E-state index contributed by atoms with van der Waals surface area (Å²) in [5.41, 5.74) is 2.20. The van der Waals surface area contributed by atoms with Gasteiger partial charge in [0.1, 0.15) is 0 Å². The SMILES string of the molecule is CNc1cnccc1C(=O)Nc1ccc([N+](=O)[O-])cc1C. The molecular weight excluding hydrogens is 272 g/mol. The van der Waals surface area contributed by atoms with Gasteiger partial charge in [-0.1, -0.05) is 0 Å². The summed E-state index contributed by atoms with van der Waals surface area (Å²) < 4.78 is 0. The monoisotopic (exact) mass is 286 g/mol. The first-order valence-electron chi connectivity index (χ1n) is 6.21. The van der Waals surface area contributed by atoms with E-state index in [0.29, 0.717) is 22.5 Å². The molecule has 0 atom stereocenters. The Labute approximate surface area is 121 Å². The van der Waals surface area contributed by atoms with Crippen LogP contribution in [0.3, 0.4) is 0 Å². The van der Waals surface area contributed by atoms with E-state index in [2.05, 4.69) is 15.6 Å². The molecule has 2 rings (SSSR count). The van der Waals surface area contributed by atoms with Gasteiger partial charge in [-0.2, -0.15) is 0 Å². The Hall–Kier alpha value is -2.96. The van der Waals surface area contributed by atoms with Crippen LogP contribution in [0.15, 0.2) is 36.7 Å². The predicted octanol–water partition coefficient (Wildman–Crippen LogP) is 2.59. The van der Waals surface area contributed by atoms with E-state index < -0.39 is 4.92 Å². The van der Waals surface area contributed by atoms with Crippen LogP contribution in [0.2, 0.25) is 0 Å². The number of amides is 1. The van der Waals surface area contributed by atoms with Gasteiger partial charge in [0.05, 0.1) is 22.4 Å². The van der Waals surface area contributed by atoms with Crippen molar-refractivity contribution in [2.24, 2.45) is 0 Å². The second kappa shape index (κ2) is 6.00. The molecule has 1 heterocycles. The van der Waals surface area contributed by atoms with Crippen LogP contribution in [0.5, 0.6) is 0 Å². The van der Waals surface area contributed by atoms with Gasteiger partial charge in [-0.15, -0.1) is 0 Å². The molecule has 0 aliphatic heterocycles. The van der Waals surface area contributed by atoms with Gasteiger partial charge in [0.2, 0.25) is 0 Å². The zero-order valence-electron chi connectivity index (χ0n) is 11.6. The number of carbonyl (C=O) groups is 1.